The van der Waals surface area contributed by atoms with Gasteiger partial charge in [0.05, 0.1) is 12.7 Å². The predicted molar refractivity (Wildman–Crippen MR) is 57.2 cm³/mol. The number of morpholine rings is 1. The Kier molecular flexibility index (Phi) is 2.70. The summed E-state index contributed by atoms with van der Waals surface area (Å²) in [5.74, 6) is 0. The van der Waals surface area contributed by atoms with Crippen LogP contribution in [0.25, 0.3) is 0 Å². The van der Waals surface area contributed by atoms with Gasteiger partial charge in [-0.15, -0.1) is 0 Å². The first-order valence-corrected chi connectivity index (χ1v) is 4.96. The second-order valence-electron chi connectivity index (χ2n) is 3.68. The maximum absolute atomic E-state index is 5.76. The number of aryl methyl sites for hydroxylation is 1. The zero-order valence-corrected chi connectivity index (χ0v) is 8.42. The number of nitrogens with two attached hydrogens (primary N) is 1. The van der Waals surface area contributed by atoms with Gasteiger partial charge in [-0.3, -0.25) is 0 Å². The molecule has 1 heterocycles. The molecule has 1 aliphatic rings. The van der Waals surface area contributed by atoms with Crippen molar-refractivity contribution in [3.05, 3.63) is 29.3 Å². The maximum atomic E-state index is 5.76. The maximum Gasteiger partial charge on any atom is 0.0949 e. The molecule has 0 amide bonds. The van der Waals surface area contributed by atoms with E-state index in [0.29, 0.717) is 0 Å². The molecule has 1 saturated heterocycles. The van der Waals surface area contributed by atoms with Gasteiger partial charge >= 0.3 is 0 Å². The molecular weight excluding hydrogens is 176 g/mol. The van der Waals surface area contributed by atoms with Gasteiger partial charge in [0.2, 0.25) is 0 Å². The van der Waals surface area contributed by atoms with Gasteiger partial charge < -0.3 is 15.8 Å². The molecule has 0 aromatic heterocycles. The van der Waals surface area contributed by atoms with E-state index >= 15 is 0 Å². The molecule has 1 atom stereocenters. The first-order chi connectivity index (χ1) is 6.77. The van der Waals surface area contributed by atoms with E-state index in [4.69, 9.17) is 10.5 Å². The predicted octanol–water partition coefficient (Wildman–Crippen LogP) is 1.24. The summed E-state index contributed by atoms with van der Waals surface area (Å²) >= 11 is 0. The van der Waals surface area contributed by atoms with E-state index in [1.165, 1.54) is 5.56 Å². The van der Waals surface area contributed by atoms with E-state index in [9.17, 15) is 0 Å². The number of ether oxygens (including phenoxy) is 1. The third-order valence-corrected chi connectivity index (χ3v) is 2.59. The minimum absolute atomic E-state index is 0.183. The molecule has 3 heteroatoms. The molecule has 0 aliphatic carbocycles. The Bertz CT molecular complexity index is 319. The Morgan fingerprint density at radius 2 is 2.36 bits per heavy atom. The van der Waals surface area contributed by atoms with Crippen molar-refractivity contribution in [2.75, 3.05) is 25.4 Å². The fourth-order valence-electron chi connectivity index (χ4n) is 1.68. The first kappa shape index (κ1) is 9.49. The lowest BCUT2D eigenvalue weighted by Crippen LogP contribution is -2.33. The van der Waals surface area contributed by atoms with E-state index in [0.717, 1.165) is 30.9 Å². The second-order valence-corrected chi connectivity index (χ2v) is 3.68. The van der Waals surface area contributed by atoms with Crippen LogP contribution in [0.3, 0.4) is 0 Å². The molecule has 2 rings (SSSR count). The monoisotopic (exact) mass is 192 g/mol. The quantitative estimate of drug-likeness (QED) is 0.658. The van der Waals surface area contributed by atoms with E-state index in [-0.39, 0.29) is 6.10 Å². The van der Waals surface area contributed by atoms with Crippen LogP contribution in [0, 0.1) is 6.92 Å². The van der Waals surface area contributed by atoms with Crippen molar-refractivity contribution in [2.45, 2.75) is 13.0 Å². The number of hydrogen-bond donors (Lipinski definition) is 2. The minimum Gasteiger partial charge on any atom is -0.399 e. The van der Waals surface area contributed by atoms with Gasteiger partial charge in [0.1, 0.15) is 0 Å². The van der Waals surface area contributed by atoms with Crippen LogP contribution in [-0.4, -0.2) is 19.7 Å². The second kappa shape index (κ2) is 3.98. The van der Waals surface area contributed by atoms with Gasteiger partial charge in [-0.2, -0.15) is 0 Å². The molecule has 14 heavy (non-hydrogen) atoms. The van der Waals surface area contributed by atoms with Gasteiger partial charge in [0, 0.05) is 18.8 Å². The molecule has 0 saturated carbocycles. The smallest absolute Gasteiger partial charge is 0.0949 e. The Morgan fingerprint density at radius 3 is 3.00 bits per heavy atom. The average molecular weight is 192 g/mol. The Labute approximate surface area is 84.3 Å². The lowest BCUT2D eigenvalue weighted by Gasteiger charge is -2.24. The largest absolute Gasteiger partial charge is 0.399 e. The lowest BCUT2D eigenvalue weighted by molar-refractivity contribution is 0.0277. The SMILES string of the molecule is Cc1cc([C@@H]2CNCCO2)ccc1N. The summed E-state index contributed by atoms with van der Waals surface area (Å²) < 4.78 is 5.66. The molecule has 1 fully saturated rings. The van der Waals surface area contributed by atoms with Crippen LogP contribution in [0.1, 0.15) is 17.2 Å². The highest BCUT2D eigenvalue weighted by Gasteiger charge is 2.15. The molecule has 1 aromatic rings. The number of rotatable bonds is 1. The lowest BCUT2D eigenvalue weighted by atomic mass is 10.0. The molecule has 0 radical (unpaired) electrons. The third kappa shape index (κ3) is 1.89. The Hall–Kier alpha value is -1.06. The molecule has 1 aliphatic heterocycles. The molecule has 76 valence electrons. The summed E-state index contributed by atoms with van der Waals surface area (Å²) in [5, 5.41) is 3.31. The average Bonchev–Trinajstić information content (AvgIpc) is 2.23. The Morgan fingerprint density at radius 1 is 1.50 bits per heavy atom. The summed E-state index contributed by atoms with van der Waals surface area (Å²) in [6.45, 7) is 4.65. The topological polar surface area (TPSA) is 47.3 Å². The minimum atomic E-state index is 0.183. The van der Waals surface area contributed by atoms with Crippen molar-refractivity contribution in [3.63, 3.8) is 0 Å². The summed E-state index contributed by atoms with van der Waals surface area (Å²) in [6.07, 6.45) is 0.183. The highest BCUT2D eigenvalue weighted by Crippen LogP contribution is 2.22. The number of nitrogen functional groups attached to an aromatic ring is 1. The summed E-state index contributed by atoms with van der Waals surface area (Å²) in [6, 6.07) is 6.09. The zero-order valence-electron chi connectivity index (χ0n) is 8.42. The molecule has 3 nitrogen and oxygen atoms in total. The van der Waals surface area contributed by atoms with E-state index in [2.05, 4.69) is 11.4 Å². The van der Waals surface area contributed by atoms with Gasteiger partial charge in [0.25, 0.3) is 0 Å². The molecule has 0 bridgehead atoms. The van der Waals surface area contributed by atoms with Crippen LogP contribution in [-0.2, 0) is 4.74 Å². The molecular formula is C11H16N2O. The fourth-order valence-corrected chi connectivity index (χ4v) is 1.68. The first-order valence-electron chi connectivity index (χ1n) is 4.96. The summed E-state index contributed by atoms with van der Waals surface area (Å²) in [7, 11) is 0. The molecule has 0 unspecified atom stereocenters. The van der Waals surface area contributed by atoms with Crippen molar-refractivity contribution in [1.29, 1.82) is 0 Å². The highest BCUT2D eigenvalue weighted by atomic mass is 16.5. The van der Waals surface area contributed by atoms with Crippen LogP contribution in [0.15, 0.2) is 18.2 Å². The number of hydrogen-bond acceptors (Lipinski definition) is 3. The zero-order chi connectivity index (χ0) is 9.97. The van der Waals surface area contributed by atoms with Crippen molar-refractivity contribution in [2.24, 2.45) is 0 Å². The molecule has 3 N–H and O–H groups in total. The number of nitrogens with one attached hydrogen (secondary N) is 1. The Balaban J connectivity index is 2.18. The molecule has 0 spiro atoms. The van der Waals surface area contributed by atoms with Gasteiger partial charge in [0.15, 0.2) is 0 Å². The third-order valence-electron chi connectivity index (χ3n) is 2.59. The van der Waals surface area contributed by atoms with Crippen LogP contribution >= 0.6 is 0 Å². The van der Waals surface area contributed by atoms with Crippen molar-refractivity contribution in [1.82, 2.24) is 5.32 Å². The van der Waals surface area contributed by atoms with Crippen LogP contribution in [0.5, 0.6) is 0 Å². The van der Waals surface area contributed by atoms with Gasteiger partial charge in [-0.05, 0) is 24.1 Å². The van der Waals surface area contributed by atoms with Crippen molar-refractivity contribution in [3.8, 4) is 0 Å². The van der Waals surface area contributed by atoms with Crippen LogP contribution in [0.2, 0.25) is 0 Å². The van der Waals surface area contributed by atoms with Gasteiger partial charge in [-0.1, -0.05) is 12.1 Å². The number of anilines is 1. The summed E-state index contributed by atoms with van der Waals surface area (Å²) in [5.41, 5.74) is 8.94. The van der Waals surface area contributed by atoms with E-state index in [1.807, 2.05) is 19.1 Å². The fraction of sp³-hybridized carbons (Fsp3) is 0.455. The van der Waals surface area contributed by atoms with Crippen molar-refractivity contribution >= 4 is 5.69 Å². The number of benzene rings is 1. The standard InChI is InChI=1S/C11H16N2O/c1-8-6-9(2-3-10(8)12)11-7-13-4-5-14-11/h2-3,6,11,13H,4-5,7,12H2,1H3/t11-/m0/s1. The van der Waals surface area contributed by atoms with Crippen LogP contribution < -0.4 is 11.1 Å². The van der Waals surface area contributed by atoms with Crippen molar-refractivity contribution < 1.29 is 4.74 Å². The van der Waals surface area contributed by atoms with E-state index in [1.54, 1.807) is 0 Å². The summed E-state index contributed by atoms with van der Waals surface area (Å²) in [4.78, 5) is 0. The highest BCUT2D eigenvalue weighted by molar-refractivity contribution is 5.48. The van der Waals surface area contributed by atoms with Crippen LogP contribution in [0.4, 0.5) is 5.69 Å². The normalized spacial score (nSPS) is 22.2. The van der Waals surface area contributed by atoms with E-state index < -0.39 is 0 Å². The molecule has 1 aromatic carbocycles. The van der Waals surface area contributed by atoms with Gasteiger partial charge in [-0.25, -0.2) is 0 Å².